The molecule has 1 atom stereocenters. The Hall–Kier alpha value is -0.290. The molecule has 0 aromatic heterocycles. The van der Waals surface area contributed by atoms with Crippen LogP contribution in [0.4, 0.5) is 0 Å². The predicted octanol–water partition coefficient (Wildman–Crippen LogP) is 2.38. The molecule has 1 aliphatic rings. The minimum atomic E-state index is 0.150. The highest BCUT2D eigenvalue weighted by atomic mass is 127. The van der Waals surface area contributed by atoms with Gasteiger partial charge in [-0.05, 0) is 41.1 Å². The van der Waals surface area contributed by atoms with Gasteiger partial charge in [-0.15, -0.1) is 0 Å². The van der Waals surface area contributed by atoms with Crippen LogP contribution in [0.25, 0.3) is 0 Å². The average Bonchev–Trinajstić information content (AvgIpc) is 2.07. The molecule has 0 bridgehead atoms. The number of fused-ring (bicyclic) bond motifs is 1. The Labute approximate surface area is 91.6 Å². The Kier molecular flexibility index (Phi) is 2.47. The predicted molar refractivity (Wildman–Crippen MR) is 60.9 cm³/mol. The van der Waals surface area contributed by atoms with Gasteiger partial charge in [0.15, 0.2) is 0 Å². The van der Waals surface area contributed by atoms with Gasteiger partial charge in [-0.2, -0.15) is 0 Å². The quantitative estimate of drug-likeness (QED) is 0.744. The summed E-state index contributed by atoms with van der Waals surface area (Å²) < 4.78 is 6.76. The number of rotatable bonds is 0. The van der Waals surface area contributed by atoms with E-state index in [1.807, 2.05) is 0 Å². The Morgan fingerprint density at radius 3 is 3.08 bits per heavy atom. The Balaban J connectivity index is 2.56. The van der Waals surface area contributed by atoms with E-state index in [1.165, 1.54) is 9.13 Å². The molecule has 0 saturated heterocycles. The van der Waals surface area contributed by atoms with Crippen LogP contribution in [0.2, 0.25) is 0 Å². The first-order valence-corrected chi connectivity index (χ1v) is 5.45. The number of hydrogen-bond donors (Lipinski definition) is 1. The molecule has 1 aliphatic heterocycles. The van der Waals surface area contributed by atoms with Crippen molar-refractivity contribution in [3.05, 3.63) is 26.8 Å². The summed E-state index contributed by atoms with van der Waals surface area (Å²) in [5.74, 6) is 0.991. The van der Waals surface area contributed by atoms with Gasteiger partial charge >= 0.3 is 0 Å². The zero-order valence-corrected chi connectivity index (χ0v) is 9.67. The maximum absolute atomic E-state index is 6.00. The normalized spacial score (nSPS) is 20.7. The van der Waals surface area contributed by atoms with E-state index in [1.54, 1.807) is 0 Å². The van der Waals surface area contributed by atoms with Gasteiger partial charge in [-0.1, -0.05) is 6.07 Å². The molecule has 0 radical (unpaired) electrons. The van der Waals surface area contributed by atoms with Crippen molar-refractivity contribution in [3.63, 3.8) is 0 Å². The SMILES string of the molecule is Cc1cc(I)c2c(c1)[C@H](N)CCO2. The minimum Gasteiger partial charge on any atom is -0.492 e. The van der Waals surface area contributed by atoms with Gasteiger partial charge in [0.25, 0.3) is 0 Å². The number of hydrogen-bond acceptors (Lipinski definition) is 2. The van der Waals surface area contributed by atoms with Crippen LogP contribution in [-0.2, 0) is 0 Å². The molecular weight excluding hydrogens is 277 g/mol. The highest BCUT2D eigenvalue weighted by Gasteiger charge is 2.20. The lowest BCUT2D eigenvalue weighted by molar-refractivity contribution is 0.267. The van der Waals surface area contributed by atoms with Crippen LogP contribution < -0.4 is 10.5 Å². The van der Waals surface area contributed by atoms with Gasteiger partial charge in [0.2, 0.25) is 0 Å². The van der Waals surface area contributed by atoms with Crippen LogP contribution in [0, 0.1) is 10.5 Å². The van der Waals surface area contributed by atoms with Crippen molar-refractivity contribution in [2.75, 3.05) is 6.61 Å². The fourth-order valence-corrected chi connectivity index (χ4v) is 2.59. The Bertz CT molecular complexity index is 338. The zero-order chi connectivity index (χ0) is 9.42. The third-order valence-electron chi connectivity index (χ3n) is 2.29. The summed E-state index contributed by atoms with van der Waals surface area (Å²) in [7, 11) is 0. The third-order valence-corrected chi connectivity index (χ3v) is 3.09. The molecule has 2 N–H and O–H groups in total. The first-order chi connectivity index (χ1) is 6.18. The number of aryl methyl sites for hydroxylation is 1. The lowest BCUT2D eigenvalue weighted by atomic mass is 10.00. The molecular formula is C10H12INO. The summed E-state index contributed by atoms with van der Waals surface area (Å²) in [6.07, 6.45) is 0.923. The van der Waals surface area contributed by atoms with Crippen molar-refractivity contribution in [1.29, 1.82) is 0 Å². The van der Waals surface area contributed by atoms with Gasteiger partial charge in [-0.3, -0.25) is 0 Å². The van der Waals surface area contributed by atoms with Gasteiger partial charge in [0, 0.05) is 18.0 Å². The lowest BCUT2D eigenvalue weighted by Gasteiger charge is -2.24. The number of nitrogens with two attached hydrogens (primary N) is 1. The molecule has 1 aromatic carbocycles. The Morgan fingerprint density at radius 2 is 2.31 bits per heavy atom. The first-order valence-electron chi connectivity index (χ1n) is 4.37. The molecule has 3 heteroatoms. The fraction of sp³-hybridized carbons (Fsp3) is 0.400. The molecule has 0 spiro atoms. The van der Waals surface area contributed by atoms with Crippen LogP contribution in [0.1, 0.15) is 23.6 Å². The highest BCUT2D eigenvalue weighted by molar-refractivity contribution is 14.1. The molecule has 70 valence electrons. The van der Waals surface area contributed by atoms with Crippen LogP contribution in [-0.4, -0.2) is 6.61 Å². The molecule has 2 rings (SSSR count). The molecule has 2 nitrogen and oxygen atoms in total. The largest absolute Gasteiger partial charge is 0.492 e. The summed E-state index contributed by atoms with van der Waals surface area (Å²) in [5, 5.41) is 0. The number of ether oxygens (including phenoxy) is 1. The second kappa shape index (κ2) is 3.46. The van der Waals surface area contributed by atoms with Crippen LogP contribution in [0.5, 0.6) is 5.75 Å². The van der Waals surface area contributed by atoms with Crippen LogP contribution in [0.15, 0.2) is 12.1 Å². The molecule has 0 saturated carbocycles. The summed E-state index contributed by atoms with van der Waals surface area (Å²) in [6.45, 7) is 2.83. The molecule has 1 heterocycles. The second-order valence-electron chi connectivity index (χ2n) is 3.41. The van der Waals surface area contributed by atoms with E-state index >= 15 is 0 Å². The summed E-state index contributed by atoms with van der Waals surface area (Å²) in [4.78, 5) is 0. The van der Waals surface area contributed by atoms with E-state index in [9.17, 15) is 0 Å². The van der Waals surface area contributed by atoms with Crippen molar-refractivity contribution in [3.8, 4) is 5.75 Å². The number of benzene rings is 1. The van der Waals surface area contributed by atoms with E-state index in [-0.39, 0.29) is 6.04 Å². The Morgan fingerprint density at radius 1 is 1.54 bits per heavy atom. The zero-order valence-electron chi connectivity index (χ0n) is 7.51. The molecule has 0 amide bonds. The van der Waals surface area contributed by atoms with Gasteiger partial charge in [-0.25, -0.2) is 0 Å². The van der Waals surface area contributed by atoms with Gasteiger partial charge in [0.05, 0.1) is 10.2 Å². The maximum atomic E-state index is 6.00. The van der Waals surface area contributed by atoms with Crippen molar-refractivity contribution in [2.45, 2.75) is 19.4 Å². The standard InChI is InChI=1S/C10H12INO/c1-6-4-7-9(12)2-3-13-10(7)8(11)5-6/h4-5,9H,2-3,12H2,1H3/t9-/m1/s1. The van der Waals surface area contributed by atoms with E-state index in [2.05, 4.69) is 41.6 Å². The van der Waals surface area contributed by atoms with E-state index in [0.717, 1.165) is 24.3 Å². The molecule has 0 unspecified atom stereocenters. The van der Waals surface area contributed by atoms with Crippen molar-refractivity contribution in [2.24, 2.45) is 5.73 Å². The van der Waals surface area contributed by atoms with Gasteiger partial charge < -0.3 is 10.5 Å². The first kappa shape index (κ1) is 9.27. The topological polar surface area (TPSA) is 35.2 Å². The van der Waals surface area contributed by atoms with Crippen LogP contribution >= 0.6 is 22.6 Å². The molecule has 13 heavy (non-hydrogen) atoms. The van der Waals surface area contributed by atoms with Gasteiger partial charge in [0.1, 0.15) is 5.75 Å². The smallest absolute Gasteiger partial charge is 0.137 e. The van der Waals surface area contributed by atoms with Crippen molar-refractivity contribution in [1.82, 2.24) is 0 Å². The fourth-order valence-electron chi connectivity index (χ4n) is 1.63. The van der Waals surface area contributed by atoms with Crippen molar-refractivity contribution < 1.29 is 4.74 Å². The monoisotopic (exact) mass is 289 g/mol. The van der Waals surface area contributed by atoms with E-state index in [4.69, 9.17) is 10.5 Å². The van der Waals surface area contributed by atoms with Crippen LogP contribution in [0.3, 0.4) is 0 Å². The average molecular weight is 289 g/mol. The molecule has 0 fully saturated rings. The summed E-state index contributed by atoms with van der Waals surface area (Å²) in [5.41, 5.74) is 8.42. The third kappa shape index (κ3) is 1.67. The van der Waals surface area contributed by atoms with Crippen molar-refractivity contribution >= 4 is 22.6 Å². The maximum Gasteiger partial charge on any atom is 0.137 e. The minimum absolute atomic E-state index is 0.150. The van der Waals surface area contributed by atoms with E-state index < -0.39 is 0 Å². The highest BCUT2D eigenvalue weighted by Crippen LogP contribution is 2.35. The molecule has 1 aromatic rings. The van der Waals surface area contributed by atoms with E-state index in [0.29, 0.717) is 0 Å². The summed E-state index contributed by atoms with van der Waals surface area (Å²) >= 11 is 2.30. The second-order valence-corrected chi connectivity index (χ2v) is 4.57. The number of halogens is 1. The molecule has 0 aliphatic carbocycles. The lowest BCUT2D eigenvalue weighted by Crippen LogP contribution is -2.21. The summed E-state index contributed by atoms with van der Waals surface area (Å²) in [6, 6.07) is 4.40.